The Labute approximate surface area is 191 Å². The van der Waals surface area contributed by atoms with Gasteiger partial charge < -0.3 is 4.98 Å². The van der Waals surface area contributed by atoms with E-state index in [0.29, 0.717) is 16.9 Å². The second-order valence-electron chi connectivity index (χ2n) is 7.00. The number of imidazole rings is 1. The summed E-state index contributed by atoms with van der Waals surface area (Å²) in [5.74, 6) is 0.354. The van der Waals surface area contributed by atoms with Crippen molar-refractivity contribution in [3.63, 3.8) is 0 Å². The van der Waals surface area contributed by atoms with Crippen LogP contribution in [0, 0.1) is 0 Å². The van der Waals surface area contributed by atoms with Crippen molar-refractivity contribution in [3.8, 4) is 22.5 Å². The minimum absolute atomic E-state index is 0.0168. The van der Waals surface area contributed by atoms with Crippen LogP contribution in [-0.2, 0) is 16.0 Å². The first-order chi connectivity index (χ1) is 15.0. The molecule has 0 aliphatic rings. The molecule has 0 bridgehead atoms. The van der Waals surface area contributed by atoms with Crippen LogP contribution in [-0.4, -0.2) is 24.1 Å². The number of H-pyrrole nitrogens is 1. The zero-order valence-corrected chi connectivity index (χ0v) is 18.8. The fourth-order valence-corrected chi connectivity index (χ4v) is 4.98. The molecule has 0 amide bonds. The summed E-state index contributed by atoms with van der Waals surface area (Å²) in [4.78, 5) is 7.66. The van der Waals surface area contributed by atoms with Gasteiger partial charge in [0.05, 0.1) is 31.8 Å². The van der Waals surface area contributed by atoms with E-state index in [9.17, 15) is 21.6 Å². The zero-order valence-electron chi connectivity index (χ0n) is 16.5. The number of sulfone groups is 1. The smallest absolute Gasteiger partial charge is 0.338 e. The van der Waals surface area contributed by atoms with Crippen LogP contribution in [0.4, 0.5) is 13.2 Å². The Balaban J connectivity index is 1.85. The van der Waals surface area contributed by atoms with Crippen LogP contribution in [0.15, 0.2) is 59.5 Å². The molecule has 10 heteroatoms. The highest BCUT2D eigenvalue weighted by Crippen LogP contribution is 2.45. The highest BCUT2D eigenvalue weighted by Gasteiger charge is 2.34. The minimum Gasteiger partial charge on any atom is -0.338 e. The lowest BCUT2D eigenvalue weighted by molar-refractivity contribution is -0.137. The lowest BCUT2D eigenvalue weighted by atomic mass is 9.98. The molecule has 1 heterocycles. The molecule has 4 nitrogen and oxygen atoms in total. The quantitative estimate of drug-likeness (QED) is 0.328. The van der Waals surface area contributed by atoms with E-state index in [1.54, 1.807) is 19.1 Å². The van der Waals surface area contributed by atoms with Crippen molar-refractivity contribution >= 4 is 44.1 Å². The molecule has 0 fully saturated rings. The third-order valence-electron chi connectivity index (χ3n) is 5.04. The molecule has 3 aromatic carbocycles. The van der Waals surface area contributed by atoms with Crippen LogP contribution in [0.3, 0.4) is 0 Å². The number of hydrogen-bond donors (Lipinski definition) is 1. The average molecular weight is 499 g/mol. The highest BCUT2D eigenvalue weighted by molar-refractivity contribution is 7.91. The molecule has 0 saturated carbocycles. The second kappa shape index (κ2) is 8.10. The molecule has 0 saturated heterocycles. The van der Waals surface area contributed by atoms with E-state index in [1.165, 1.54) is 36.4 Å². The maximum atomic E-state index is 13.5. The van der Waals surface area contributed by atoms with Crippen molar-refractivity contribution < 1.29 is 21.6 Å². The summed E-state index contributed by atoms with van der Waals surface area (Å²) in [6.45, 7) is 1.56. The highest BCUT2D eigenvalue weighted by atomic mass is 35.5. The number of nitrogens with zero attached hydrogens (tertiary/aromatic N) is 1. The first kappa shape index (κ1) is 22.6. The Bertz CT molecular complexity index is 1430. The Morgan fingerprint density at radius 1 is 1.03 bits per heavy atom. The van der Waals surface area contributed by atoms with Gasteiger partial charge in [0.25, 0.3) is 0 Å². The third-order valence-corrected chi connectivity index (χ3v) is 7.45. The number of rotatable bonds is 4. The minimum atomic E-state index is -4.59. The van der Waals surface area contributed by atoms with Crippen LogP contribution in [0.1, 0.15) is 12.5 Å². The van der Waals surface area contributed by atoms with Gasteiger partial charge in [-0.2, -0.15) is 13.2 Å². The first-order valence-corrected chi connectivity index (χ1v) is 11.8. The molecule has 4 rings (SSSR count). The summed E-state index contributed by atoms with van der Waals surface area (Å²) in [6, 6.07) is 12.6. The molecule has 0 spiro atoms. The number of benzene rings is 3. The SMILES string of the molecule is CCS(=O)(=O)c1ccc(-c2nc3c(Cl)c(-c4ccccc4C(F)(F)F)c(Cl)cc3[nH]2)cc1. The molecule has 0 unspecified atom stereocenters. The van der Waals surface area contributed by atoms with Gasteiger partial charge in [0.2, 0.25) is 0 Å². The van der Waals surface area contributed by atoms with Crippen LogP contribution in [0.2, 0.25) is 10.0 Å². The number of aromatic amines is 1. The van der Waals surface area contributed by atoms with E-state index in [0.717, 1.165) is 6.07 Å². The van der Waals surface area contributed by atoms with Crippen molar-refractivity contribution in [3.05, 3.63) is 70.2 Å². The summed E-state index contributed by atoms with van der Waals surface area (Å²) in [5, 5.41) is 0.0238. The molecular formula is C22H15Cl2F3N2O2S. The molecule has 0 atom stereocenters. The van der Waals surface area contributed by atoms with Crippen LogP contribution < -0.4 is 0 Å². The fourth-order valence-electron chi connectivity index (χ4n) is 3.40. The fraction of sp³-hybridized carbons (Fsp3) is 0.136. The molecule has 166 valence electrons. The summed E-state index contributed by atoms with van der Waals surface area (Å²) in [6.07, 6.45) is -4.59. The number of hydrogen-bond acceptors (Lipinski definition) is 3. The van der Waals surface area contributed by atoms with Crippen molar-refractivity contribution in [2.75, 3.05) is 5.75 Å². The van der Waals surface area contributed by atoms with E-state index >= 15 is 0 Å². The van der Waals surface area contributed by atoms with Crippen molar-refractivity contribution in [1.82, 2.24) is 9.97 Å². The predicted octanol–water partition coefficient (Wildman–Crippen LogP) is 7.02. The first-order valence-electron chi connectivity index (χ1n) is 9.40. The molecule has 32 heavy (non-hydrogen) atoms. The topological polar surface area (TPSA) is 62.8 Å². The normalized spacial score (nSPS) is 12.4. The standard InChI is InChI=1S/C22H15Cl2F3N2O2S/c1-2-32(30,31)13-9-7-12(8-10-13)21-28-17-11-16(23)18(19(24)20(17)29-21)14-5-3-4-6-15(14)22(25,26)27/h3-11H,2H2,1H3,(H,28,29). The van der Waals surface area contributed by atoms with Gasteiger partial charge in [0, 0.05) is 11.1 Å². The maximum absolute atomic E-state index is 13.5. The van der Waals surface area contributed by atoms with Crippen LogP contribution in [0.5, 0.6) is 0 Å². The van der Waals surface area contributed by atoms with Crippen molar-refractivity contribution in [2.45, 2.75) is 18.0 Å². The Morgan fingerprint density at radius 3 is 2.31 bits per heavy atom. The molecule has 0 aliphatic carbocycles. The Hall–Kier alpha value is -2.55. The predicted molar refractivity (Wildman–Crippen MR) is 120 cm³/mol. The van der Waals surface area contributed by atoms with Gasteiger partial charge in [0.15, 0.2) is 9.84 Å². The van der Waals surface area contributed by atoms with Crippen molar-refractivity contribution in [1.29, 1.82) is 0 Å². The molecule has 0 aliphatic heterocycles. The number of alkyl halides is 3. The van der Waals surface area contributed by atoms with E-state index in [1.807, 2.05) is 0 Å². The number of halogens is 5. The zero-order chi connectivity index (χ0) is 23.3. The summed E-state index contributed by atoms with van der Waals surface area (Å²) in [5.41, 5.74) is 0.316. The van der Waals surface area contributed by atoms with Gasteiger partial charge in [-0.3, -0.25) is 0 Å². The lowest BCUT2D eigenvalue weighted by Gasteiger charge is -2.15. The van der Waals surface area contributed by atoms with E-state index in [4.69, 9.17) is 23.2 Å². The lowest BCUT2D eigenvalue weighted by Crippen LogP contribution is -2.07. The number of fused-ring (bicyclic) bond motifs is 1. The van der Waals surface area contributed by atoms with E-state index in [-0.39, 0.29) is 37.3 Å². The third kappa shape index (κ3) is 3.98. The van der Waals surface area contributed by atoms with Gasteiger partial charge >= 0.3 is 6.18 Å². The van der Waals surface area contributed by atoms with Crippen LogP contribution in [0.25, 0.3) is 33.5 Å². The molecule has 0 radical (unpaired) electrons. The summed E-state index contributed by atoms with van der Waals surface area (Å²) >= 11 is 12.8. The van der Waals surface area contributed by atoms with Gasteiger partial charge in [-0.15, -0.1) is 0 Å². The molecule has 1 aromatic heterocycles. The second-order valence-corrected chi connectivity index (χ2v) is 10.1. The summed E-state index contributed by atoms with van der Waals surface area (Å²) < 4.78 is 64.6. The average Bonchev–Trinajstić information content (AvgIpc) is 3.18. The van der Waals surface area contributed by atoms with Crippen LogP contribution >= 0.6 is 23.2 Å². The largest absolute Gasteiger partial charge is 0.417 e. The molecule has 4 aromatic rings. The van der Waals surface area contributed by atoms with E-state index in [2.05, 4.69) is 9.97 Å². The Kier molecular flexibility index (Phi) is 5.73. The number of aromatic nitrogens is 2. The van der Waals surface area contributed by atoms with Gasteiger partial charge in [-0.05, 0) is 42.0 Å². The molecular weight excluding hydrogens is 484 g/mol. The summed E-state index contributed by atoms with van der Waals surface area (Å²) in [7, 11) is -3.35. The van der Waals surface area contributed by atoms with Gasteiger partial charge in [0.1, 0.15) is 11.3 Å². The van der Waals surface area contributed by atoms with Gasteiger partial charge in [-0.25, -0.2) is 13.4 Å². The van der Waals surface area contributed by atoms with Crippen molar-refractivity contribution in [2.24, 2.45) is 0 Å². The maximum Gasteiger partial charge on any atom is 0.417 e. The number of nitrogens with one attached hydrogen (secondary N) is 1. The van der Waals surface area contributed by atoms with Gasteiger partial charge in [-0.1, -0.05) is 48.3 Å². The Morgan fingerprint density at radius 2 is 1.69 bits per heavy atom. The monoisotopic (exact) mass is 498 g/mol. The molecule has 1 N–H and O–H groups in total. The van der Waals surface area contributed by atoms with E-state index < -0.39 is 21.6 Å².